The number of nitrogens with zero attached hydrogens (tertiary/aromatic N) is 2. The summed E-state index contributed by atoms with van der Waals surface area (Å²) in [6.45, 7) is 0. The number of halogens is 10. The van der Waals surface area contributed by atoms with Gasteiger partial charge in [0.2, 0.25) is 0 Å². The summed E-state index contributed by atoms with van der Waals surface area (Å²) in [5.74, 6) is -5.50. The molecule has 2 aromatic rings. The SMILES string of the molecule is CN(C)/C=N/C(=O)c1ccc(/C(F)=C/C(c2cc(Cl)c(Cl)c(Cl)c2)C(F)(F)F)cc1C(F)(F)F. The highest BCUT2D eigenvalue weighted by atomic mass is 35.5. The zero-order valence-corrected chi connectivity index (χ0v) is 19.5. The number of aliphatic imine (C=N–C) groups is 1. The Balaban J connectivity index is 2.60. The predicted octanol–water partition coefficient (Wildman–Crippen LogP) is 8.05. The van der Waals surface area contributed by atoms with Gasteiger partial charge in [-0.3, -0.25) is 4.79 Å². The van der Waals surface area contributed by atoms with Crippen molar-refractivity contribution in [1.29, 1.82) is 0 Å². The van der Waals surface area contributed by atoms with E-state index in [2.05, 4.69) is 4.99 Å². The van der Waals surface area contributed by atoms with E-state index in [9.17, 15) is 35.5 Å². The number of hydrogen-bond donors (Lipinski definition) is 0. The Morgan fingerprint density at radius 3 is 2.03 bits per heavy atom. The Morgan fingerprint density at radius 2 is 1.56 bits per heavy atom. The summed E-state index contributed by atoms with van der Waals surface area (Å²) < 4.78 is 96.3. The van der Waals surface area contributed by atoms with Crippen LogP contribution >= 0.6 is 34.8 Å². The van der Waals surface area contributed by atoms with Gasteiger partial charge in [0, 0.05) is 19.7 Å². The van der Waals surface area contributed by atoms with Gasteiger partial charge >= 0.3 is 12.4 Å². The second kappa shape index (κ2) is 10.5. The summed E-state index contributed by atoms with van der Waals surface area (Å²) in [5.41, 5.74) is -3.87. The average molecular weight is 550 g/mol. The topological polar surface area (TPSA) is 32.7 Å². The van der Waals surface area contributed by atoms with Crippen LogP contribution in [0.25, 0.3) is 5.83 Å². The van der Waals surface area contributed by atoms with Crippen LogP contribution in [-0.4, -0.2) is 37.4 Å². The summed E-state index contributed by atoms with van der Waals surface area (Å²) in [6, 6.07) is 3.26. The largest absolute Gasteiger partial charge is 0.417 e. The van der Waals surface area contributed by atoms with Crippen LogP contribution < -0.4 is 0 Å². The van der Waals surface area contributed by atoms with Crippen LogP contribution in [-0.2, 0) is 6.18 Å². The first-order valence-corrected chi connectivity index (χ1v) is 10.2. The number of carbonyl (C=O) groups excluding carboxylic acids is 1. The van der Waals surface area contributed by atoms with Gasteiger partial charge in [-0.25, -0.2) is 4.39 Å². The molecule has 0 spiro atoms. The molecular formula is C21H14Cl3F7N2O. The smallest absolute Gasteiger partial charge is 0.369 e. The average Bonchev–Trinajstić information content (AvgIpc) is 2.71. The molecule has 0 fully saturated rings. The molecule has 0 N–H and O–H groups in total. The summed E-state index contributed by atoms with van der Waals surface area (Å²) >= 11 is 17.3. The zero-order valence-electron chi connectivity index (χ0n) is 17.2. The molecule has 1 unspecified atom stereocenters. The Morgan fingerprint density at radius 1 is 1.00 bits per heavy atom. The van der Waals surface area contributed by atoms with Gasteiger partial charge in [-0.05, 0) is 35.9 Å². The van der Waals surface area contributed by atoms with Crippen LogP contribution in [0.3, 0.4) is 0 Å². The van der Waals surface area contributed by atoms with Crippen LogP contribution in [0.2, 0.25) is 15.1 Å². The van der Waals surface area contributed by atoms with Crippen molar-refractivity contribution >= 4 is 52.9 Å². The maximum absolute atomic E-state index is 14.8. The molecule has 0 heterocycles. The number of amides is 1. The molecule has 0 aliphatic heterocycles. The van der Waals surface area contributed by atoms with Crippen LogP contribution in [0.15, 0.2) is 41.4 Å². The first-order valence-electron chi connectivity index (χ1n) is 9.07. The fraction of sp³-hybridized carbons (Fsp3) is 0.238. The molecule has 1 amide bonds. The molecule has 0 bridgehead atoms. The molecule has 13 heteroatoms. The minimum absolute atomic E-state index is 0.0804. The lowest BCUT2D eigenvalue weighted by Crippen LogP contribution is -2.19. The Hall–Kier alpha value is -2.30. The van der Waals surface area contributed by atoms with Crippen LogP contribution in [0.5, 0.6) is 0 Å². The third kappa shape index (κ3) is 6.86. The highest BCUT2D eigenvalue weighted by Gasteiger charge is 2.41. The highest BCUT2D eigenvalue weighted by molar-refractivity contribution is 6.48. The van der Waals surface area contributed by atoms with E-state index in [0.29, 0.717) is 6.07 Å². The van der Waals surface area contributed by atoms with Gasteiger partial charge in [0.05, 0.1) is 32.5 Å². The third-order valence-electron chi connectivity index (χ3n) is 4.27. The summed E-state index contributed by atoms with van der Waals surface area (Å²) in [4.78, 5) is 16.7. The van der Waals surface area contributed by atoms with Crippen LogP contribution in [0.4, 0.5) is 30.7 Å². The lowest BCUT2D eigenvalue weighted by molar-refractivity contribution is -0.140. The van der Waals surface area contributed by atoms with E-state index in [1.54, 1.807) is 0 Å². The summed E-state index contributed by atoms with van der Waals surface area (Å²) in [6.07, 6.45) is -9.12. The Labute approximate surface area is 204 Å². The fourth-order valence-electron chi connectivity index (χ4n) is 2.73. The van der Waals surface area contributed by atoms with Crippen LogP contribution in [0.1, 0.15) is 33.0 Å². The molecule has 2 rings (SSSR count). The lowest BCUT2D eigenvalue weighted by Gasteiger charge is -2.19. The van der Waals surface area contributed by atoms with E-state index in [4.69, 9.17) is 34.8 Å². The first kappa shape index (κ1) is 27.9. The van der Waals surface area contributed by atoms with Gasteiger partial charge in [0.25, 0.3) is 5.91 Å². The molecule has 0 radical (unpaired) electrons. The zero-order chi connectivity index (χ0) is 26.0. The number of benzene rings is 2. The van der Waals surface area contributed by atoms with Crippen molar-refractivity contribution in [2.24, 2.45) is 4.99 Å². The van der Waals surface area contributed by atoms with E-state index in [1.807, 2.05) is 0 Å². The van der Waals surface area contributed by atoms with Crippen molar-refractivity contribution in [1.82, 2.24) is 4.90 Å². The molecule has 0 saturated carbocycles. The molecule has 184 valence electrons. The van der Waals surface area contributed by atoms with Crippen molar-refractivity contribution in [3.8, 4) is 0 Å². The monoisotopic (exact) mass is 548 g/mol. The molecule has 0 saturated heterocycles. The van der Waals surface area contributed by atoms with Crippen molar-refractivity contribution in [3.63, 3.8) is 0 Å². The molecular weight excluding hydrogens is 536 g/mol. The van der Waals surface area contributed by atoms with E-state index in [-0.39, 0.29) is 27.2 Å². The van der Waals surface area contributed by atoms with Gasteiger partial charge < -0.3 is 4.90 Å². The van der Waals surface area contributed by atoms with Crippen LogP contribution in [0, 0.1) is 0 Å². The van der Waals surface area contributed by atoms with Crippen molar-refractivity contribution in [2.75, 3.05) is 14.1 Å². The molecule has 3 nitrogen and oxygen atoms in total. The fourth-order valence-corrected chi connectivity index (χ4v) is 3.34. The molecule has 0 aliphatic carbocycles. The standard InChI is InChI=1S/C21H14Cl3F7N2O/c1-33(2)9-32-19(34)12-4-3-10(5-14(12)21(29,30)31)17(25)8-13(20(26,27)28)11-6-15(22)18(24)16(23)7-11/h3-9,13H,1-2H3/b17-8-,32-9+. The third-order valence-corrected chi connectivity index (χ3v) is 5.46. The molecule has 34 heavy (non-hydrogen) atoms. The summed E-state index contributed by atoms with van der Waals surface area (Å²) in [7, 11) is 2.95. The normalized spacial score (nSPS) is 13.9. The number of carbonyl (C=O) groups is 1. The van der Waals surface area contributed by atoms with Gasteiger partial charge in [-0.15, -0.1) is 0 Å². The van der Waals surface area contributed by atoms with Crippen molar-refractivity contribution in [2.45, 2.75) is 18.3 Å². The number of hydrogen-bond acceptors (Lipinski definition) is 1. The molecule has 1 atom stereocenters. The van der Waals surface area contributed by atoms with Gasteiger partial charge in [0.15, 0.2) is 0 Å². The predicted molar refractivity (Wildman–Crippen MR) is 117 cm³/mol. The lowest BCUT2D eigenvalue weighted by atomic mass is 9.95. The first-order chi connectivity index (χ1) is 15.5. The number of alkyl halides is 6. The maximum Gasteiger partial charge on any atom is 0.417 e. The second-order valence-corrected chi connectivity index (χ2v) is 8.30. The van der Waals surface area contributed by atoms with Gasteiger partial charge in [0.1, 0.15) is 11.7 Å². The Kier molecular flexibility index (Phi) is 8.66. The van der Waals surface area contributed by atoms with Crippen molar-refractivity contribution in [3.05, 3.63) is 73.7 Å². The van der Waals surface area contributed by atoms with E-state index >= 15 is 0 Å². The van der Waals surface area contributed by atoms with E-state index in [0.717, 1.165) is 24.5 Å². The van der Waals surface area contributed by atoms with Gasteiger partial charge in [-0.2, -0.15) is 31.3 Å². The quantitative estimate of drug-likeness (QED) is 0.164. The minimum atomic E-state index is -5.12. The molecule has 0 aromatic heterocycles. The molecule has 2 aromatic carbocycles. The van der Waals surface area contributed by atoms with Crippen molar-refractivity contribution < 1.29 is 35.5 Å². The number of allylic oxidation sites excluding steroid dienone is 1. The highest BCUT2D eigenvalue weighted by Crippen LogP contribution is 2.42. The Bertz CT molecular complexity index is 1120. The second-order valence-electron chi connectivity index (χ2n) is 7.10. The van der Waals surface area contributed by atoms with Gasteiger partial charge in [-0.1, -0.05) is 40.9 Å². The van der Waals surface area contributed by atoms with E-state index < -0.39 is 52.3 Å². The summed E-state index contributed by atoms with van der Waals surface area (Å²) in [5, 5.41) is -0.870. The molecule has 0 aliphatic rings. The minimum Gasteiger partial charge on any atom is -0.369 e. The number of rotatable bonds is 5. The van der Waals surface area contributed by atoms with E-state index in [1.165, 1.54) is 19.0 Å². The maximum atomic E-state index is 14.8.